The first-order valence-corrected chi connectivity index (χ1v) is 8.23. The van der Waals surface area contributed by atoms with Crippen molar-refractivity contribution < 1.29 is 13.2 Å². The van der Waals surface area contributed by atoms with Crippen LogP contribution in [0.4, 0.5) is 13.2 Å². The summed E-state index contributed by atoms with van der Waals surface area (Å²) >= 11 is 0. The quantitative estimate of drug-likeness (QED) is 0.650. The Labute approximate surface area is 149 Å². The van der Waals surface area contributed by atoms with E-state index in [9.17, 15) is 18.0 Å². The molecule has 0 saturated heterocycles. The van der Waals surface area contributed by atoms with Crippen LogP contribution in [0.1, 0.15) is 26.3 Å². The first-order chi connectivity index (χ1) is 12.1. The molecule has 3 aromatic rings. The van der Waals surface area contributed by atoms with E-state index in [0.717, 1.165) is 5.56 Å². The molecule has 26 heavy (non-hydrogen) atoms. The third-order valence-corrected chi connectivity index (χ3v) is 4.21. The van der Waals surface area contributed by atoms with E-state index in [1.54, 1.807) is 30.3 Å². The monoisotopic (exact) mass is 360 g/mol. The van der Waals surface area contributed by atoms with Crippen LogP contribution in [-0.4, -0.2) is 15.7 Å². The van der Waals surface area contributed by atoms with Crippen LogP contribution in [0.2, 0.25) is 0 Å². The van der Waals surface area contributed by atoms with Gasteiger partial charge in [0.2, 0.25) is 0 Å². The lowest BCUT2D eigenvalue weighted by Gasteiger charge is -2.20. The zero-order valence-corrected chi connectivity index (χ0v) is 14.8. The number of nitrogens with zero attached hydrogens (tertiary/aromatic N) is 2. The SMILES string of the molecule is CC(C)(C)c1ccc(-c2nc3ccccc3c(=O)n2CC(F)(F)F)cc1. The summed E-state index contributed by atoms with van der Waals surface area (Å²) in [4.78, 5) is 17.0. The van der Waals surface area contributed by atoms with E-state index in [0.29, 0.717) is 15.6 Å². The van der Waals surface area contributed by atoms with Crippen molar-refractivity contribution in [1.29, 1.82) is 0 Å². The second-order valence-electron chi connectivity index (χ2n) is 7.29. The van der Waals surface area contributed by atoms with Gasteiger partial charge < -0.3 is 0 Å². The van der Waals surface area contributed by atoms with Gasteiger partial charge in [-0.3, -0.25) is 9.36 Å². The predicted molar refractivity (Wildman–Crippen MR) is 96.2 cm³/mol. The summed E-state index contributed by atoms with van der Waals surface area (Å²) in [5, 5.41) is 0.173. The molecule has 0 radical (unpaired) electrons. The average Bonchev–Trinajstić information content (AvgIpc) is 2.56. The van der Waals surface area contributed by atoms with Crippen molar-refractivity contribution in [1.82, 2.24) is 9.55 Å². The zero-order valence-electron chi connectivity index (χ0n) is 14.8. The third-order valence-electron chi connectivity index (χ3n) is 4.21. The summed E-state index contributed by atoms with van der Waals surface area (Å²) < 4.78 is 39.9. The number of aromatic nitrogens is 2. The molecule has 0 aliphatic heterocycles. The van der Waals surface area contributed by atoms with Crippen LogP contribution in [0.15, 0.2) is 53.3 Å². The van der Waals surface area contributed by atoms with Crippen molar-refractivity contribution in [3.8, 4) is 11.4 Å². The normalized spacial score (nSPS) is 12.5. The Kier molecular flexibility index (Phi) is 4.38. The molecule has 0 amide bonds. The first kappa shape index (κ1) is 18.2. The Morgan fingerprint density at radius 2 is 1.58 bits per heavy atom. The standard InChI is InChI=1S/C20H19F3N2O/c1-19(2,3)14-10-8-13(9-11-14)17-24-16-7-5-4-6-15(16)18(26)25(17)12-20(21,22)23/h4-11H,12H2,1-3H3. The van der Waals surface area contributed by atoms with Crippen molar-refractivity contribution in [2.24, 2.45) is 0 Å². The maximum Gasteiger partial charge on any atom is 0.406 e. The molecule has 0 spiro atoms. The molecule has 3 nitrogen and oxygen atoms in total. The lowest BCUT2D eigenvalue weighted by Crippen LogP contribution is -2.30. The number of benzene rings is 2. The minimum absolute atomic E-state index is 0.0199. The van der Waals surface area contributed by atoms with Gasteiger partial charge in [-0.05, 0) is 23.1 Å². The Hall–Kier alpha value is -2.63. The van der Waals surface area contributed by atoms with Gasteiger partial charge in [0, 0.05) is 5.56 Å². The lowest BCUT2D eigenvalue weighted by atomic mass is 9.86. The first-order valence-electron chi connectivity index (χ1n) is 8.23. The molecule has 0 aliphatic rings. The minimum Gasteiger partial charge on any atom is -0.283 e. The summed E-state index contributed by atoms with van der Waals surface area (Å²) in [6.45, 7) is 4.78. The van der Waals surface area contributed by atoms with E-state index in [1.807, 2.05) is 12.1 Å². The molecule has 0 aliphatic carbocycles. The highest BCUT2D eigenvalue weighted by atomic mass is 19.4. The van der Waals surface area contributed by atoms with Gasteiger partial charge in [-0.15, -0.1) is 0 Å². The van der Waals surface area contributed by atoms with Crippen molar-refractivity contribution in [2.45, 2.75) is 38.9 Å². The summed E-state index contributed by atoms with van der Waals surface area (Å²) in [6, 6.07) is 13.6. The van der Waals surface area contributed by atoms with Crippen LogP contribution < -0.4 is 5.56 Å². The molecule has 0 fully saturated rings. The van der Waals surface area contributed by atoms with Gasteiger partial charge in [0.1, 0.15) is 12.4 Å². The van der Waals surface area contributed by atoms with Crippen molar-refractivity contribution in [3.63, 3.8) is 0 Å². The molecule has 6 heteroatoms. The van der Waals surface area contributed by atoms with E-state index < -0.39 is 18.3 Å². The van der Waals surface area contributed by atoms with Crippen LogP contribution >= 0.6 is 0 Å². The van der Waals surface area contributed by atoms with Crippen LogP contribution in [0, 0.1) is 0 Å². The number of hydrogen-bond donors (Lipinski definition) is 0. The van der Waals surface area contributed by atoms with E-state index in [2.05, 4.69) is 25.8 Å². The molecule has 0 unspecified atom stereocenters. The van der Waals surface area contributed by atoms with Crippen molar-refractivity contribution in [2.75, 3.05) is 0 Å². The van der Waals surface area contributed by atoms with E-state index >= 15 is 0 Å². The third kappa shape index (κ3) is 3.64. The summed E-state index contributed by atoms with van der Waals surface area (Å²) in [5.41, 5.74) is 1.13. The van der Waals surface area contributed by atoms with Gasteiger partial charge in [-0.25, -0.2) is 4.98 Å². The Balaban J connectivity index is 2.23. The Bertz CT molecular complexity index is 997. The van der Waals surface area contributed by atoms with Gasteiger partial charge in [-0.2, -0.15) is 13.2 Å². The zero-order chi connectivity index (χ0) is 19.1. The fraction of sp³-hybridized carbons (Fsp3) is 0.300. The Morgan fingerprint density at radius 1 is 0.962 bits per heavy atom. The lowest BCUT2D eigenvalue weighted by molar-refractivity contribution is -0.140. The molecular formula is C20H19F3N2O. The summed E-state index contributed by atoms with van der Waals surface area (Å²) in [5.74, 6) is 0.0199. The van der Waals surface area contributed by atoms with Gasteiger partial charge in [0.15, 0.2) is 0 Å². The van der Waals surface area contributed by atoms with Gasteiger partial charge in [0.25, 0.3) is 5.56 Å². The highest BCUT2D eigenvalue weighted by Crippen LogP contribution is 2.27. The molecule has 1 aromatic heterocycles. The van der Waals surface area contributed by atoms with Gasteiger partial charge in [-0.1, -0.05) is 57.2 Å². The van der Waals surface area contributed by atoms with Crippen LogP contribution in [0.25, 0.3) is 22.3 Å². The molecular weight excluding hydrogens is 341 g/mol. The van der Waals surface area contributed by atoms with Crippen LogP contribution in [0.5, 0.6) is 0 Å². The van der Waals surface area contributed by atoms with Crippen LogP contribution in [0.3, 0.4) is 0 Å². The molecule has 1 heterocycles. The van der Waals surface area contributed by atoms with Gasteiger partial charge in [0.05, 0.1) is 10.9 Å². The van der Waals surface area contributed by atoms with Gasteiger partial charge >= 0.3 is 6.18 Å². The molecule has 3 rings (SSSR count). The predicted octanol–water partition coefficient (Wildman–Crippen LogP) is 4.92. The highest BCUT2D eigenvalue weighted by Gasteiger charge is 2.30. The fourth-order valence-corrected chi connectivity index (χ4v) is 2.83. The average molecular weight is 360 g/mol. The minimum atomic E-state index is -4.52. The number of halogens is 3. The summed E-state index contributed by atoms with van der Waals surface area (Å²) in [7, 11) is 0. The second-order valence-corrected chi connectivity index (χ2v) is 7.29. The topological polar surface area (TPSA) is 34.9 Å². The fourth-order valence-electron chi connectivity index (χ4n) is 2.83. The number of para-hydroxylation sites is 1. The van der Waals surface area contributed by atoms with E-state index in [-0.39, 0.29) is 16.6 Å². The molecule has 0 N–H and O–H groups in total. The molecule has 0 saturated carbocycles. The van der Waals surface area contributed by atoms with E-state index in [4.69, 9.17) is 0 Å². The van der Waals surface area contributed by atoms with Crippen molar-refractivity contribution in [3.05, 3.63) is 64.4 Å². The summed E-state index contributed by atoms with van der Waals surface area (Å²) in [6.07, 6.45) is -4.52. The largest absolute Gasteiger partial charge is 0.406 e. The second kappa shape index (κ2) is 6.27. The molecule has 136 valence electrons. The van der Waals surface area contributed by atoms with Crippen molar-refractivity contribution >= 4 is 10.9 Å². The number of fused-ring (bicyclic) bond motifs is 1. The highest BCUT2D eigenvalue weighted by molar-refractivity contribution is 5.79. The smallest absolute Gasteiger partial charge is 0.283 e. The molecule has 0 bridgehead atoms. The maximum atomic E-state index is 13.1. The molecule has 0 atom stereocenters. The Morgan fingerprint density at radius 3 is 2.15 bits per heavy atom. The number of rotatable bonds is 2. The van der Waals surface area contributed by atoms with Crippen LogP contribution in [-0.2, 0) is 12.0 Å². The number of alkyl halides is 3. The number of hydrogen-bond acceptors (Lipinski definition) is 2. The van der Waals surface area contributed by atoms with E-state index in [1.165, 1.54) is 6.07 Å². The molecule has 2 aromatic carbocycles. The maximum absolute atomic E-state index is 13.1.